The average molecular weight is 294 g/mol. The topological polar surface area (TPSA) is 76.2 Å². The van der Waals surface area contributed by atoms with Crippen molar-refractivity contribution in [2.24, 2.45) is 0 Å². The summed E-state index contributed by atoms with van der Waals surface area (Å²) in [6.45, 7) is 2.74. The molecule has 20 heavy (non-hydrogen) atoms. The van der Waals surface area contributed by atoms with Gasteiger partial charge in [-0.1, -0.05) is 11.6 Å². The summed E-state index contributed by atoms with van der Waals surface area (Å²) in [5.74, 6) is 0.869. The number of nitrogens with zero attached hydrogens (tertiary/aromatic N) is 1. The molecule has 2 N–H and O–H groups in total. The Balaban J connectivity index is 1.87. The van der Waals surface area contributed by atoms with Gasteiger partial charge in [0.1, 0.15) is 13.2 Å². The second-order valence-corrected chi connectivity index (χ2v) is 4.75. The number of fused-ring (bicyclic) bond motifs is 1. The van der Waals surface area contributed by atoms with Gasteiger partial charge in [-0.25, -0.2) is 0 Å². The Morgan fingerprint density at radius 3 is 2.70 bits per heavy atom. The van der Waals surface area contributed by atoms with Gasteiger partial charge in [0, 0.05) is 17.8 Å². The second-order valence-electron chi connectivity index (χ2n) is 4.34. The molecule has 0 spiro atoms. The molecule has 0 bridgehead atoms. The summed E-state index contributed by atoms with van der Waals surface area (Å²) in [5.41, 5.74) is 1.63. The predicted molar refractivity (Wildman–Crippen MR) is 73.7 cm³/mol. The number of anilines is 1. The van der Waals surface area contributed by atoms with Crippen LogP contribution in [0.1, 0.15) is 16.1 Å². The molecule has 6 nitrogen and oxygen atoms in total. The van der Waals surface area contributed by atoms with E-state index in [4.69, 9.17) is 21.1 Å². The van der Waals surface area contributed by atoms with Crippen molar-refractivity contribution in [1.29, 1.82) is 0 Å². The van der Waals surface area contributed by atoms with Crippen LogP contribution < -0.4 is 14.8 Å². The third-order valence-corrected chi connectivity index (χ3v) is 3.27. The Bertz CT molecular complexity index is 669. The van der Waals surface area contributed by atoms with Crippen molar-refractivity contribution in [3.05, 3.63) is 34.6 Å². The fourth-order valence-corrected chi connectivity index (χ4v) is 2.13. The van der Waals surface area contributed by atoms with E-state index in [1.165, 1.54) is 6.20 Å². The minimum absolute atomic E-state index is 0.283. The van der Waals surface area contributed by atoms with Crippen molar-refractivity contribution >= 4 is 23.2 Å². The van der Waals surface area contributed by atoms with E-state index in [2.05, 4.69) is 15.5 Å². The van der Waals surface area contributed by atoms with Crippen LogP contribution in [0.2, 0.25) is 5.02 Å². The van der Waals surface area contributed by atoms with Gasteiger partial charge in [-0.2, -0.15) is 5.10 Å². The number of aryl methyl sites for hydroxylation is 1. The van der Waals surface area contributed by atoms with E-state index in [1.807, 2.05) is 0 Å². The van der Waals surface area contributed by atoms with Gasteiger partial charge in [0.15, 0.2) is 11.5 Å². The van der Waals surface area contributed by atoms with Crippen LogP contribution in [0.15, 0.2) is 18.3 Å². The van der Waals surface area contributed by atoms with E-state index in [1.54, 1.807) is 19.1 Å². The Morgan fingerprint density at radius 2 is 2.05 bits per heavy atom. The largest absolute Gasteiger partial charge is 0.486 e. The normalized spacial score (nSPS) is 13.1. The van der Waals surface area contributed by atoms with Crippen LogP contribution in [0.3, 0.4) is 0 Å². The summed E-state index contributed by atoms with van der Waals surface area (Å²) < 4.78 is 10.9. The number of nitrogens with one attached hydrogen (secondary N) is 2. The van der Waals surface area contributed by atoms with E-state index in [0.717, 1.165) is 0 Å². The zero-order valence-electron chi connectivity index (χ0n) is 10.7. The summed E-state index contributed by atoms with van der Waals surface area (Å²) in [4.78, 5) is 12.1. The first kappa shape index (κ1) is 12.8. The fourth-order valence-electron chi connectivity index (χ4n) is 1.93. The SMILES string of the molecule is Cc1[nH]ncc1C(=O)Nc1cc2c(cc1Cl)OCCO2. The van der Waals surface area contributed by atoms with Crippen molar-refractivity contribution in [3.8, 4) is 11.5 Å². The van der Waals surface area contributed by atoms with Crippen LogP contribution in [0.5, 0.6) is 11.5 Å². The maximum Gasteiger partial charge on any atom is 0.259 e. The summed E-state index contributed by atoms with van der Waals surface area (Å²) >= 11 is 6.13. The number of carbonyl (C=O) groups excluding carboxylic acids is 1. The second kappa shape index (κ2) is 5.05. The zero-order valence-corrected chi connectivity index (χ0v) is 11.5. The van der Waals surface area contributed by atoms with Gasteiger partial charge >= 0.3 is 0 Å². The third-order valence-electron chi connectivity index (χ3n) is 2.95. The van der Waals surface area contributed by atoms with E-state index in [-0.39, 0.29) is 5.91 Å². The molecule has 1 aliphatic heterocycles. The first-order chi connectivity index (χ1) is 9.65. The number of aromatic nitrogens is 2. The molecule has 1 aliphatic rings. The third kappa shape index (κ3) is 2.30. The Hall–Kier alpha value is -2.21. The van der Waals surface area contributed by atoms with E-state index < -0.39 is 0 Å². The van der Waals surface area contributed by atoms with Crippen molar-refractivity contribution in [3.63, 3.8) is 0 Å². The van der Waals surface area contributed by atoms with Crippen molar-refractivity contribution in [1.82, 2.24) is 10.2 Å². The van der Waals surface area contributed by atoms with Gasteiger partial charge in [0.25, 0.3) is 5.91 Å². The number of hydrogen-bond acceptors (Lipinski definition) is 4. The molecule has 2 heterocycles. The first-order valence-corrected chi connectivity index (χ1v) is 6.43. The highest BCUT2D eigenvalue weighted by atomic mass is 35.5. The van der Waals surface area contributed by atoms with Crippen molar-refractivity contribution in [2.45, 2.75) is 6.92 Å². The minimum atomic E-state index is -0.283. The van der Waals surface area contributed by atoms with Crippen LogP contribution >= 0.6 is 11.6 Å². The summed E-state index contributed by atoms with van der Waals surface area (Å²) in [6.07, 6.45) is 1.47. The number of carbonyl (C=O) groups is 1. The maximum absolute atomic E-state index is 12.1. The van der Waals surface area contributed by atoms with Crippen molar-refractivity contribution < 1.29 is 14.3 Å². The van der Waals surface area contributed by atoms with Crippen LogP contribution in [0, 0.1) is 6.92 Å². The standard InChI is InChI=1S/C13H12ClN3O3/c1-7-8(6-15-17-7)13(18)16-10-5-12-11(4-9(10)14)19-2-3-20-12/h4-6H,2-3H2,1H3,(H,15,17)(H,16,18). The van der Waals surface area contributed by atoms with Gasteiger partial charge in [0.05, 0.1) is 22.5 Å². The number of halogens is 1. The van der Waals surface area contributed by atoms with Gasteiger partial charge in [-0.3, -0.25) is 9.89 Å². The Morgan fingerprint density at radius 1 is 1.35 bits per heavy atom. The smallest absolute Gasteiger partial charge is 0.259 e. The van der Waals surface area contributed by atoms with Gasteiger partial charge in [-0.05, 0) is 6.92 Å². The maximum atomic E-state index is 12.1. The number of H-pyrrole nitrogens is 1. The molecule has 1 amide bonds. The Labute approximate surface area is 120 Å². The number of amides is 1. The molecule has 7 heteroatoms. The zero-order chi connectivity index (χ0) is 14.1. The molecule has 2 aromatic rings. The molecule has 0 aliphatic carbocycles. The summed E-state index contributed by atoms with van der Waals surface area (Å²) in [7, 11) is 0. The highest BCUT2D eigenvalue weighted by molar-refractivity contribution is 6.34. The minimum Gasteiger partial charge on any atom is -0.486 e. The monoisotopic (exact) mass is 293 g/mol. The lowest BCUT2D eigenvalue weighted by Crippen LogP contribution is -2.17. The predicted octanol–water partition coefficient (Wildman–Crippen LogP) is 2.40. The van der Waals surface area contributed by atoms with Gasteiger partial charge in [0.2, 0.25) is 0 Å². The molecular formula is C13H12ClN3O3. The summed E-state index contributed by atoms with van der Waals surface area (Å²) in [6, 6.07) is 3.29. The molecule has 0 saturated carbocycles. The lowest BCUT2D eigenvalue weighted by molar-refractivity contribution is 0.102. The van der Waals surface area contributed by atoms with Crippen LogP contribution in [0.4, 0.5) is 5.69 Å². The first-order valence-electron chi connectivity index (χ1n) is 6.05. The fraction of sp³-hybridized carbons (Fsp3) is 0.231. The van der Waals surface area contributed by atoms with Crippen molar-refractivity contribution in [2.75, 3.05) is 18.5 Å². The summed E-state index contributed by atoms with van der Waals surface area (Å²) in [5, 5.41) is 9.65. The molecule has 0 atom stereocenters. The van der Waals surface area contributed by atoms with E-state index in [0.29, 0.717) is 46.7 Å². The number of hydrogen-bond donors (Lipinski definition) is 2. The van der Waals surface area contributed by atoms with Gasteiger partial charge in [-0.15, -0.1) is 0 Å². The van der Waals surface area contributed by atoms with Crippen LogP contribution in [-0.2, 0) is 0 Å². The number of rotatable bonds is 2. The molecule has 0 unspecified atom stereocenters. The quantitative estimate of drug-likeness (QED) is 0.891. The highest BCUT2D eigenvalue weighted by Crippen LogP contribution is 2.38. The molecule has 0 saturated heterocycles. The Kier molecular flexibility index (Phi) is 3.23. The van der Waals surface area contributed by atoms with E-state index in [9.17, 15) is 4.79 Å². The van der Waals surface area contributed by atoms with Gasteiger partial charge < -0.3 is 14.8 Å². The molecule has 0 fully saturated rings. The number of benzene rings is 1. The molecule has 0 radical (unpaired) electrons. The highest BCUT2D eigenvalue weighted by Gasteiger charge is 2.18. The molecule has 3 rings (SSSR count). The molecule has 1 aromatic carbocycles. The van der Waals surface area contributed by atoms with Crippen LogP contribution in [-0.4, -0.2) is 29.3 Å². The average Bonchev–Trinajstić information content (AvgIpc) is 2.86. The lowest BCUT2D eigenvalue weighted by Gasteiger charge is -2.19. The lowest BCUT2D eigenvalue weighted by atomic mass is 10.2. The number of ether oxygens (including phenoxy) is 2. The molecule has 104 valence electrons. The number of aromatic amines is 1. The molecule has 1 aromatic heterocycles. The van der Waals surface area contributed by atoms with E-state index >= 15 is 0 Å². The van der Waals surface area contributed by atoms with Crippen LogP contribution in [0.25, 0.3) is 0 Å². The molecular weight excluding hydrogens is 282 g/mol.